The second-order valence-electron chi connectivity index (χ2n) is 5.97. The van der Waals surface area contributed by atoms with Gasteiger partial charge in [-0.25, -0.2) is 0 Å². The zero-order valence-electron chi connectivity index (χ0n) is 14.2. The molecule has 5 nitrogen and oxygen atoms in total. The fraction of sp³-hybridized carbons (Fsp3) is 0.105. The monoisotopic (exact) mass is 420 g/mol. The number of pyridine rings is 2. The summed E-state index contributed by atoms with van der Waals surface area (Å²) in [6.45, 7) is -2.50. The molecule has 0 radical (unpaired) electrons. The van der Waals surface area contributed by atoms with Gasteiger partial charge in [-0.05, 0) is 35.4 Å². The second kappa shape index (κ2) is 7.69. The van der Waals surface area contributed by atoms with E-state index in [-0.39, 0.29) is 10.8 Å². The van der Waals surface area contributed by atoms with E-state index in [9.17, 15) is 8.78 Å². The first-order chi connectivity index (χ1) is 13.5. The summed E-state index contributed by atoms with van der Waals surface area (Å²) in [4.78, 5) is 8.48. The van der Waals surface area contributed by atoms with E-state index >= 15 is 0 Å². The number of aromatic nitrogens is 4. The first-order valence-corrected chi connectivity index (χ1v) is 8.91. The molecule has 0 fully saturated rings. The van der Waals surface area contributed by atoms with Crippen LogP contribution in [0.2, 0.25) is 10.0 Å². The Kier molecular flexibility index (Phi) is 5.11. The van der Waals surface area contributed by atoms with Crippen LogP contribution in [0.4, 0.5) is 8.78 Å². The molecule has 3 heterocycles. The molecule has 0 spiro atoms. The molecule has 1 aromatic carbocycles. The number of rotatable bonds is 5. The lowest BCUT2D eigenvalue weighted by molar-refractivity contribution is -0.0497. The van der Waals surface area contributed by atoms with Gasteiger partial charge in [-0.1, -0.05) is 29.3 Å². The summed E-state index contributed by atoms with van der Waals surface area (Å²) in [7, 11) is 0. The van der Waals surface area contributed by atoms with E-state index in [1.807, 2.05) is 12.1 Å². The van der Waals surface area contributed by atoms with Crippen molar-refractivity contribution in [1.29, 1.82) is 0 Å². The Morgan fingerprint density at radius 2 is 1.86 bits per heavy atom. The lowest BCUT2D eigenvalue weighted by atomic mass is 10.1. The molecular weight excluding hydrogens is 409 g/mol. The van der Waals surface area contributed by atoms with Gasteiger partial charge in [0.2, 0.25) is 0 Å². The van der Waals surface area contributed by atoms with Crippen LogP contribution < -0.4 is 4.74 Å². The van der Waals surface area contributed by atoms with Crippen LogP contribution in [0.25, 0.3) is 22.2 Å². The van der Waals surface area contributed by atoms with Gasteiger partial charge in [-0.15, -0.1) is 0 Å². The van der Waals surface area contributed by atoms with E-state index in [0.29, 0.717) is 28.2 Å². The van der Waals surface area contributed by atoms with E-state index in [4.69, 9.17) is 23.2 Å². The molecule has 0 aliphatic heterocycles. The molecular formula is C19H12Cl2F2N4O. The average Bonchev–Trinajstić information content (AvgIpc) is 3.05. The summed E-state index contributed by atoms with van der Waals surface area (Å²) < 4.78 is 31.4. The van der Waals surface area contributed by atoms with Crippen LogP contribution in [0.1, 0.15) is 5.56 Å². The second-order valence-corrected chi connectivity index (χ2v) is 6.81. The Bertz CT molecular complexity index is 1150. The van der Waals surface area contributed by atoms with Crippen LogP contribution in [-0.2, 0) is 6.54 Å². The summed E-state index contributed by atoms with van der Waals surface area (Å²) in [5.41, 5.74) is 3.74. The molecule has 0 amide bonds. The largest absolute Gasteiger partial charge is 0.433 e. The molecule has 0 aliphatic carbocycles. The van der Waals surface area contributed by atoms with Gasteiger partial charge in [-0.3, -0.25) is 14.6 Å². The number of halogens is 4. The maximum atomic E-state index is 12.6. The van der Waals surface area contributed by atoms with Crippen LogP contribution in [0.3, 0.4) is 0 Å². The lowest BCUT2D eigenvalue weighted by Crippen LogP contribution is -2.03. The minimum Gasteiger partial charge on any atom is -0.433 e. The minimum atomic E-state index is -2.96. The van der Waals surface area contributed by atoms with E-state index in [0.717, 1.165) is 11.1 Å². The van der Waals surface area contributed by atoms with E-state index < -0.39 is 6.61 Å². The van der Waals surface area contributed by atoms with Gasteiger partial charge in [0.15, 0.2) is 0 Å². The normalized spacial score (nSPS) is 11.3. The highest BCUT2D eigenvalue weighted by atomic mass is 35.5. The van der Waals surface area contributed by atoms with E-state index in [1.165, 1.54) is 12.1 Å². The van der Waals surface area contributed by atoms with E-state index in [2.05, 4.69) is 19.8 Å². The number of hydrogen-bond donors (Lipinski definition) is 0. The highest BCUT2D eigenvalue weighted by Gasteiger charge is 2.12. The van der Waals surface area contributed by atoms with Gasteiger partial charge in [-0.2, -0.15) is 13.9 Å². The van der Waals surface area contributed by atoms with Gasteiger partial charge in [0.1, 0.15) is 11.3 Å². The molecule has 0 atom stereocenters. The van der Waals surface area contributed by atoms with Crippen molar-refractivity contribution in [3.05, 3.63) is 70.7 Å². The number of ether oxygens (including phenoxy) is 1. The maximum Gasteiger partial charge on any atom is 0.387 e. The van der Waals surface area contributed by atoms with E-state index in [1.54, 1.807) is 35.5 Å². The van der Waals surface area contributed by atoms with Gasteiger partial charge in [0, 0.05) is 24.2 Å². The topological polar surface area (TPSA) is 52.8 Å². The number of nitrogens with zero attached hydrogens (tertiary/aromatic N) is 4. The maximum absolute atomic E-state index is 12.6. The van der Waals surface area contributed by atoms with Crippen LogP contribution in [-0.4, -0.2) is 26.4 Å². The Labute approximate surface area is 168 Å². The third-order valence-electron chi connectivity index (χ3n) is 4.07. The average molecular weight is 421 g/mol. The molecule has 9 heteroatoms. The summed E-state index contributed by atoms with van der Waals surface area (Å²) in [6.07, 6.45) is 6.57. The first-order valence-electron chi connectivity index (χ1n) is 8.15. The first kappa shape index (κ1) is 18.6. The summed E-state index contributed by atoms with van der Waals surface area (Å²) in [5.74, 6) is -0.0900. The van der Waals surface area contributed by atoms with Crippen LogP contribution in [0.15, 0.2) is 55.1 Å². The minimum absolute atomic E-state index is 0.0900. The predicted octanol–water partition coefficient (Wildman–Crippen LogP) is 5.45. The highest BCUT2D eigenvalue weighted by Crippen LogP contribution is 2.32. The summed E-state index contributed by atoms with van der Waals surface area (Å²) in [5, 5.41) is 5.01. The van der Waals surface area contributed by atoms with Crippen molar-refractivity contribution in [3.8, 4) is 16.9 Å². The smallest absolute Gasteiger partial charge is 0.387 e. The Balaban J connectivity index is 1.72. The fourth-order valence-electron chi connectivity index (χ4n) is 2.82. The zero-order chi connectivity index (χ0) is 19.7. The molecule has 142 valence electrons. The molecule has 3 aromatic heterocycles. The molecule has 0 N–H and O–H groups in total. The fourth-order valence-corrected chi connectivity index (χ4v) is 3.18. The van der Waals surface area contributed by atoms with Crippen molar-refractivity contribution < 1.29 is 13.5 Å². The molecule has 0 aliphatic rings. The molecule has 0 unspecified atom stereocenters. The number of alkyl halides is 2. The zero-order valence-corrected chi connectivity index (χ0v) is 15.7. The summed E-state index contributed by atoms with van der Waals surface area (Å²) >= 11 is 11.9. The highest BCUT2D eigenvalue weighted by molar-refractivity contribution is 6.32. The number of benzene rings is 1. The number of fused-ring (bicyclic) bond motifs is 1. The molecule has 0 bridgehead atoms. The molecule has 0 saturated carbocycles. The number of hydrogen-bond acceptors (Lipinski definition) is 4. The molecule has 0 saturated heterocycles. The Hall–Kier alpha value is -2.77. The van der Waals surface area contributed by atoms with Crippen molar-refractivity contribution in [3.63, 3.8) is 0 Å². The van der Waals surface area contributed by atoms with Crippen molar-refractivity contribution >= 4 is 34.2 Å². The van der Waals surface area contributed by atoms with Crippen molar-refractivity contribution in [1.82, 2.24) is 19.7 Å². The van der Waals surface area contributed by atoms with Crippen molar-refractivity contribution in [2.24, 2.45) is 0 Å². The van der Waals surface area contributed by atoms with Crippen LogP contribution in [0.5, 0.6) is 5.75 Å². The van der Waals surface area contributed by atoms with Crippen LogP contribution in [0, 0.1) is 0 Å². The molecule has 4 aromatic rings. The van der Waals surface area contributed by atoms with Gasteiger partial charge >= 0.3 is 6.61 Å². The SMILES string of the molecule is FC(F)Oc1cc(-c2cnc3cnn(Cc4cncc(Cl)c4)c3c2)ccc1Cl. The standard InChI is InChI=1S/C19H12Cl2F2N4O/c20-14-3-11(6-24-8-14)10-27-17-4-13(7-25-16(17)9-26-27)12-1-2-15(21)18(5-12)28-19(22)23/h1-9,19H,10H2. The third-order valence-corrected chi connectivity index (χ3v) is 4.59. The van der Waals surface area contributed by atoms with Crippen molar-refractivity contribution in [2.45, 2.75) is 13.2 Å². The Morgan fingerprint density at radius 3 is 2.64 bits per heavy atom. The summed E-state index contributed by atoms with van der Waals surface area (Å²) in [6, 6.07) is 8.37. The third kappa shape index (κ3) is 3.90. The van der Waals surface area contributed by atoms with Gasteiger partial charge < -0.3 is 4.74 Å². The predicted molar refractivity (Wildman–Crippen MR) is 103 cm³/mol. The molecule has 4 rings (SSSR count). The lowest BCUT2D eigenvalue weighted by Gasteiger charge is -2.10. The molecule has 28 heavy (non-hydrogen) atoms. The van der Waals surface area contributed by atoms with Gasteiger partial charge in [0.05, 0.1) is 28.3 Å². The Morgan fingerprint density at radius 1 is 1.00 bits per heavy atom. The van der Waals surface area contributed by atoms with Crippen molar-refractivity contribution in [2.75, 3.05) is 0 Å². The quantitative estimate of drug-likeness (QED) is 0.430. The van der Waals surface area contributed by atoms with Crippen LogP contribution >= 0.6 is 23.2 Å². The van der Waals surface area contributed by atoms with Gasteiger partial charge in [0.25, 0.3) is 0 Å².